The number of nitrogens with zero attached hydrogens (tertiary/aromatic N) is 3. The molecule has 3 aromatic heterocycles. The number of alkyl halides is 3. The average molecular weight is 435 g/mol. The number of hydrogen-bond donors (Lipinski definition) is 1. The summed E-state index contributed by atoms with van der Waals surface area (Å²) in [5.41, 5.74) is 1.84. The molecule has 0 saturated heterocycles. The lowest BCUT2D eigenvalue weighted by Crippen LogP contribution is -2.08. The Labute approximate surface area is 174 Å². The van der Waals surface area contributed by atoms with Crippen LogP contribution in [0.5, 0.6) is 0 Å². The van der Waals surface area contributed by atoms with Crippen molar-refractivity contribution in [3.05, 3.63) is 88.0 Å². The van der Waals surface area contributed by atoms with Gasteiger partial charge in [-0.1, -0.05) is 17.7 Å². The number of halogens is 5. The zero-order valence-corrected chi connectivity index (χ0v) is 16.2. The van der Waals surface area contributed by atoms with Gasteiger partial charge in [0.2, 0.25) is 0 Å². The van der Waals surface area contributed by atoms with E-state index in [2.05, 4.69) is 19.9 Å². The van der Waals surface area contributed by atoms with E-state index >= 15 is 0 Å². The van der Waals surface area contributed by atoms with E-state index in [0.29, 0.717) is 35.7 Å². The lowest BCUT2D eigenvalue weighted by atomic mass is 10.1. The fraction of sp³-hybridized carbons (Fsp3) is 0.190. The number of hydrogen-bond acceptors (Lipinski definition) is 3. The van der Waals surface area contributed by atoms with Crippen LogP contribution in [-0.2, 0) is 25.4 Å². The predicted octanol–water partition coefficient (Wildman–Crippen LogP) is 5.54. The number of rotatable bonds is 5. The maximum absolute atomic E-state index is 13.7. The quantitative estimate of drug-likeness (QED) is 0.419. The number of aryl methyl sites for hydroxylation is 2. The van der Waals surface area contributed by atoms with Gasteiger partial charge in [0.25, 0.3) is 0 Å². The van der Waals surface area contributed by atoms with Gasteiger partial charge in [-0.3, -0.25) is 0 Å². The van der Waals surface area contributed by atoms with Crippen molar-refractivity contribution in [3.8, 4) is 0 Å². The number of pyridine rings is 1. The summed E-state index contributed by atoms with van der Waals surface area (Å²) in [5.74, 6) is -0.743. The number of fused-ring (bicyclic) bond motifs is 1. The highest BCUT2D eigenvalue weighted by Crippen LogP contribution is 2.31. The van der Waals surface area contributed by atoms with Gasteiger partial charge in [-0.2, -0.15) is 13.2 Å². The molecule has 0 atom stereocenters. The first-order valence-corrected chi connectivity index (χ1v) is 9.44. The zero-order chi connectivity index (χ0) is 21.3. The smallest absolute Gasteiger partial charge is 0.346 e. The summed E-state index contributed by atoms with van der Waals surface area (Å²) in [4.78, 5) is 15.9. The maximum atomic E-state index is 13.7. The van der Waals surface area contributed by atoms with Gasteiger partial charge < -0.3 is 4.98 Å². The molecule has 0 bridgehead atoms. The lowest BCUT2D eigenvalue weighted by Gasteiger charge is -2.09. The molecule has 0 saturated carbocycles. The van der Waals surface area contributed by atoms with Crippen molar-refractivity contribution in [2.45, 2.75) is 25.4 Å². The fourth-order valence-corrected chi connectivity index (χ4v) is 3.36. The third kappa shape index (κ3) is 4.43. The molecule has 3 heterocycles. The van der Waals surface area contributed by atoms with Crippen molar-refractivity contribution >= 4 is 22.6 Å². The van der Waals surface area contributed by atoms with Gasteiger partial charge in [0.15, 0.2) is 0 Å². The lowest BCUT2D eigenvalue weighted by molar-refractivity contribution is -0.140. The molecule has 0 unspecified atom stereocenters. The summed E-state index contributed by atoms with van der Waals surface area (Å²) in [5, 5.41) is 1.48. The Morgan fingerprint density at radius 1 is 0.933 bits per heavy atom. The minimum Gasteiger partial charge on any atom is -0.346 e. The topological polar surface area (TPSA) is 54.5 Å². The number of aromatic nitrogens is 4. The van der Waals surface area contributed by atoms with Crippen LogP contribution in [0.4, 0.5) is 17.6 Å². The van der Waals surface area contributed by atoms with Gasteiger partial charge in [0.1, 0.15) is 17.3 Å². The number of aromatic amines is 1. The first kappa shape index (κ1) is 20.3. The van der Waals surface area contributed by atoms with Crippen LogP contribution in [-0.4, -0.2) is 19.9 Å². The molecule has 9 heteroatoms. The second-order valence-electron chi connectivity index (χ2n) is 6.86. The standard InChI is InChI=1S/C21H15ClF4N4/c22-15-7-16-14(10-29-20(16)30-11-15)5-13-8-27-19(28-9-13)4-2-12-1-3-17(18(23)6-12)21(24,25)26/h1,3,6-11H,2,4-5H2,(H,29,30). The number of benzene rings is 1. The largest absolute Gasteiger partial charge is 0.419 e. The second kappa shape index (κ2) is 8.02. The van der Waals surface area contributed by atoms with E-state index in [1.165, 1.54) is 6.07 Å². The van der Waals surface area contributed by atoms with Gasteiger partial charge in [-0.15, -0.1) is 0 Å². The van der Waals surface area contributed by atoms with Crippen LogP contribution in [0.1, 0.15) is 28.1 Å². The van der Waals surface area contributed by atoms with Gasteiger partial charge >= 0.3 is 6.18 Å². The molecule has 0 radical (unpaired) electrons. The molecule has 0 amide bonds. The second-order valence-corrected chi connectivity index (χ2v) is 7.30. The van der Waals surface area contributed by atoms with Crippen molar-refractivity contribution < 1.29 is 17.6 Å². The molecule has 4 aromatic rings. The number of H-pyrrole nitrogens is 1. The first-order valence-electron chi connectivity index (χ1n) is 9.06. The minimum atomic E-state index is -4.70. The van der Waals surface area contributed by atoms with Crippen molar-refractivity contribution in [2.75, 3.05) is 0 Å². The van der Waals surface area contributed by atoms with Gasteiger partial charge in [-0.05, 0) is 41.3 Å². The highest BCUT2D eigenvalue weighted by molar-refractivity contribution is 6.31. The van der Waals surface area contributed by atoms with Gasteiger partial charge in [0.05, 0.1) is 10.6 Å². The van der Waals surface area contributed by atoms with Crippen LogP contribution in [0, 0.1) is 5.82 Å². The van der Waals surface area contributed by atoms with E-state index in [9.17, 15) is 17.6 Å². The van der Waals surface area contributed by atoms with E-state index in [1.807, 2.05) is 12.3 Å². The zero-order valence-electron chi connectivity index (χ0n) is 15.5. The highest BCUT2D eigenvalue weighted by Gasteiger charge is 2.33. The highest BCUT2D eigenvalue weighted by atomic mass is 35.5. The Morgan fingerprint density at radius 3 is 2.40 bits per heavy atom. The van der Waals surface area contributed by atoms with E-state index in [-0.39, 0.29) is 0 Å². The van der Waals surface area contributed by atoms with Crippen LogP contribution >= 0.6 is 11.6 Å². The summed E-state index contributed by atoms with van der Waals surface area (Å²) in [6.07, 6.45) is 3.45. The molecular formula is C21H15ClF4N4. The molecular weight excluding hydrogens is 420 g/mol. The SMILES string of the molecule is Fc1cc(CCc2ncc(Cc3c[nH]c4ncc(Cl)cc34)cn2)ccc1C(F)(F)F. The fourth-order valence-electron chi connectivity index (χ4n) is 3.20. The van der Waals surface area contributed by atoms with Crippen LogP contribution < -0.4 is 0 Å². The summed E-state index contributed by atoms with van der Waals surface area (Å²) in [6.45, 7) is 0. The Bertz CT molecular complexity index is 1190. The van der Waals surface area contributed by atoms with Crippen molar-refractivity contribution in [3.63, 3.8) is 0 Å². The molecule has 1 N–H and O–H groups in total. The van der Waals surface area contributed by atoms with Crippen LogP contribution in [0.3, 0.4) is 0 Å². The molecule has 4 nitrogen and oxygen atoms in total. The van der Waals surface area contributed by atoms with Gasteiger partial charge in [0, 0.05) is 43.0 Å². The maximum Gasteiger partial charge on any atom is 0.419 e. The van der Waals surface area contributed by atoms with Crippen molar-refractivity contribution in [1.29, 1.82) is 0 Å². The van der Waals surface area contributed by atoms with E-state index in [0.717, 1.165) is 34.3 Å². The molecule has 4 rings (SSSR count). The monoisotopic (exact) mass is 434 g/mol. The van der Waals surface area contributed by atoms with E-state index < -0.39 is 17.6 Å². The molecule has 30 heavy (non-hydrogen) atoms. The summed E-state index contributed by atoms with van der Waals surface area (Å²) in [7, 11) is 0. The molecule has 1 aromatic carbocycles. The summed E-state index contributed by atoms with van der Waals surface area (Å²) < 4.78 is 51.6. The van der Waals surface area contributed by atoms with Crippen LogP contribution in [0.15, 0.2) is 49.1 Å². The number of nitrogens with one attached hydrogen (secondary N) is 1. The molecule has 0 fully saturated rings. The molecule has 0 aliphatic heterocycles. The molecule has 0 aliphatic carbocycles. The molecule has 154 valence electrons. The summed E-state index contributed by atoms with van der Waals surface area (Å²) in [6, 6.07) is 4.79. The normalized spacial score (nSPS) is 11.9. The Morgan fingerprint density at radius 2 is 1.70 bits per heavy atom. The summed E-state index contributed by atoms with van der Waals surface area (Å²) >= 11 is 6.02. The van der Waals surface area contributed by atoms with Crippen molar-refractivity contribution in [2.24, 2.45) is 0 Å². The minimum absolute atomic E-state index is 0.334. The molecule has 0 spiro atoms. The molecule has 0 aliphatic rings. The van der Waals surface area contributed by atoms with E-state index in [4.69, 9.17) is 11.6 Å². The van der Waals surface area contributed by atoms with Gasteiger partial charge in [-0.25, -0.2) is 19.3 Å². The predicted molar refractivity (Wildman–Crippen MR) is 105 cm³/mol. The average Bonchev–Trinajstić information content (AvgIpc) is 3.08. The van der Waals surface area contributed by atoms with E-state index in [1.54, 1.807) is 18.6 Å². The Balaban J connectivity index is 1.41. The van der Waals surface area contributed by atoms with Crippen molar-refractivity contribution in [1.82, 2.24) is 19.9 Å². The third-order valence-electron chi connectivity index (χ3n) is 4.71. The van der Waals surface area contributed by atoms with Crippen LogP contribution in [0.25, 0.3) is 11.0 Å². The Kier molecular flexibility index (Phi) is 5.42. The third-order valence-corrected chi connectivity index (χ3v) is 4.92. The Hall–Kier alpha value is -3.00. The van der Waals surface area contributed by atoms with Crippen LogP contribution in [0.2, 0.25) is 5.02 Å². The first-order chi connectivity index (χ1) is 14.3.